The highest BCUT2D eigenvalue weighted by molar-refractivity contribution is 9.10. The second-order valence-corrected chi connectivity index (χ2v) is 4.76. The molecule has 0 fully saturated rings. The molecule has 0 atom stereocenters. The van der Waals surface area contributed by atoms with Crippen LogP contribution in [-0.2, 0) is 0 Å². The van der Waals surface area contributed by atoms with Crippen molar-refractivity contribution in [2.75, 3.05) is 14.2 Å². The first-order valence-electron chi connectivity index (χ1n) is 5.77. The Labute approximate surface area is 125 Å². The molecule has 0 aromatic heterocycles. The zero-order valence-electron chi connectivity index (χ0n) is 11.0. The van der Waals surface area contributed by atoms with Gasteiger partial charge in [0.25, 0.3) is 0 Å². The van der Waals surface area contributed by atoms with Crippen molar-refractivity contribution in [1.82, 2.24) is 0 Å². The van der Waals surface area contributed by atoms with Gasteiger partial charge in [0.05, 0.1) is 30.3 Å². The quantitative estimate of drug-likeness (QED) is 0.844. The molecule has 5 heteroatoms. The Morgan fingerprint density at radius 2 is 1.55 bits per heavy atom. The van der Waals surface area contributed by atoms with Crippen molar-refractivity contribution in [3.05, 3.63) is 46.4 Å². The van der Waals surface area contributed by atoms with Crippen LogP contribution in [0.5, 0.6) is 23.0 Å². The summed E-state index contributed by atoms with van der Waals surface area (Å²) in [6, 6.07) is 12.5. The van der Waals surface area contributed by atoms with Crippen LogP contribution in [0, 0.1) is 11.3 Å². The maximum atomic E-state index is 8.83. The molecule has 0 radical (unpaired) electrons. The predicted octanol–water partition coefficient (Wildman–Crippen LogP) is 4.13. The maximum Gasteiger partial charge on any atom is 0.141 e. The number of halogens is 1. The monoisotopic (exact) mass is 333 g/mol. The normalized spacial score (nSPS) is 9.70. The van der Waals surface area contributed by atoms with E-state index in [-0.39, 0.29) is 0 Å². The molecule has 0 aliphatic carbocycles. The van der Waals surface area contributed by atoms with E-state index in [0.29, 0.717) is 33.0 Å². The summed E-state index contributed by atoms with van der Waals surface area (Å²) in [4.78, 5) is 0. The Morgan fingerprint density at radius 1 is 0.950 bits per heavy atom. The van der Waals surface area contributed by atoms with Gasteiger partial charge in [-0.25, -0.2) is 0 Å². The zero-order chi connectivity index (χ0) is 14.5. The van der Waals surface area contributed by atoms with Crippen LogP contribution in [0.25, 0.3) is 0 Å². The standard InChI is InChI=1S/C15H12BrNO3/c1-18-11-6-12(19-2)8-13(7-11)20-15-4-3-10(9-17)5-14(15)16/h3-8H,1-2H3. The molecule has 0 saturated carbocycles. The van der Waals surface area contributed by atoms with Crippen molar-refractivity contribution in [2.45, 2.75) is 0 Å². The number of rotatable bonds is 4. The van der Waals surface area contributed by atoms with Gasteiger partial charge in [-0.1, -0.05) is 0 Å². The summed E-state index contributed by atoms with van der Waals surface area (Å²) < 4.78 is 16.9. The summed E-state index contributed by atoms with van der Waals surface area (Å²) in [6.07, 6.45) is 0. The summed E-state index contributed by atoms with van der Waals surface area (Å²) in [5, 5.41) is 8.83. The topological polar surface area (TPSA) is 51.5 Å². The van der Waals surface area contributed by atoms with Crippen LogP contribution < -0.4 is 14.2 Å². The molecular weight excluding hydrogens is 322 g/mol. The second-order valence-electron chi connectivity index (χ2n) is 3.91. The third-order valence-corrected chi connectivity index (χ3v) is 3.23. The Hall–Kier alpha value is -2.19. The Morgan fingerprint density at radius 3 is 2.05 bits per heavy atom. The number of nitrogens with zero attached hydrogens (tertiary/aromatic N) is 1. The fourth-order valence-corrected chi connectivity index (χ4v) is 2.08. The summed E-state index contributed by atoms with van der Waals surface area (Å²) in [5.41, 5.74) is 0.562. The molecule has 0 N–H and O–H groups in total. The first-order valence-corrected chi connectivity index (χ1v) is 6.56. The molecule has 2 aromatic rings. The molecule has 0 heterocycles. The molecule has 0 bridgehead atoms. The fraction of sp³-hybridized carbons (Fsp3) is 0.133. The number of hydrogen-bond acceptors (Lipinski definition) is 4. The third-order valence-electron chi connectivity index (χ3n) is 2.61. The molecule has 102 valence electrons. The summed E-state index contributed by atoms with van der Waals surface area (Å²) in [7, 11) is 3.16. The van der Waals surface area contributed by atoms with Gasteiger partial charge in [-0.3, -0.25) is 0 Å². The van der Waals surface area contributed by atoms with E-state index in [1.165, 1.54) is 0 Å². The number of hydrogen-bond donors (Lipinski definition) is 0. The van der Waals surface area contributed by atoms with E-state index in [1.807, 2.05) is 0 Å². The Balaban J connectivity index is 2.32. The smallest absolute Gasteiger partial charge is 0.141 e. The predicted molar refractivity (Wildman–Crippen MR) is 78.5 cm³/mol. The van der Waals surface area contributed by atoms with Crippen molar-refractivity contribution < 1.29 is 14.2 Å². The van der Waals surface area contributed by atoms with Crippen LogP contribution in [0.2, 0.25) is 0 Å². The van der Waals surface area contributed by atoms with E-state index in [0.717, 1.165) is 0 Å². The average molecular weight is 334 g/mol. The maximum absolute atomic E-state index is 8.83. The van der Waals surface area contributed by atoms with Gasteiger partial charge in [-0.2, -0.15) is 5.26 Å². The summed E-state index contributed by atoms with van der Waals surface area (Å²) >= 11 is 3.38. The molecule has 0 aliphatic heterocycles. The lowest BCUT2D eigenvalue weighted by molar-refractivity contribution is 0.386. The van der Waals surface area contributed by atoms with Crippen molar-refractivity contribution in [3.63, 3.8) is 0 Å². The van der Waals surface area contributed by atoms with Gasteiger partial charge in [0.15, 0.2) is 0 Å². The van der Waals surface area contributed by atoms with Crippen molar-refractivity contribution in [1.29, 1.82) is 5.26 Å². The molecule has 0 spiro atoms. The summed E-state index contributed by atoms with van der Waals surface area (Å²) in [6.45, 7) is 0. The van der Waals surface area contributed by atoms with E-state index >= 15 is 0 Å². The van der Waals surface area contributed by atoms with Crippen LogP contribution in [-0.4, -0.2) is 14.2 Å². The van der Waals surface area contributed by atoms with E-state index in [2.05, 4.69) is 22.0 Å². The van der Waals surface area contributed by atoms with Crippen LogP contribution in [0.15, 0.2) is 40.9 Å². The van der Waals surface area contributed by atoms with E-state index in [9.17, 15) is 0 Å². The first-order chi connectivity index (χ1) is 9.66. The minimum Gasteiger partial charge on any atom is -0.496 e. The van der Waals surface area contributed by atoms with Crippen LogP contribution in [0.3, 0.4) is 0 Å². The third kappa shape index (κ3) is 3.22. The largest absolute Gasteiger partial charge is 0.496 e. The van der Waals surface area contributed by atoms with E-state index in [4.69, 9.17) is 19.5 Å². The molecule has 0 aliphatic rings. The van der Waals surface area contributed by atoms with Crippen molar-refractivity contribution in [3.8, 4) is 29.1 Å². The number of nitriles is 1. The van der Waals surface area contributed by atoms with Gasteiger partial charge in [-0.05, 0) is 34.1 Å². The molecule has 4 nitrogen and oxygen atoms in total. The Kier molecular flexibility index (Phi) is 4.49. The van der Waals surface area contributed by atoms with Gasteiger partial charge in [0.1, 0.15) is 23.0 Å². The van der Waals surface area contributed by atoms with Gasteiger partial charge in [-0.15, -0.1) is 0 Å². The van der Waals surface area contributed by atoms with Gasteiger partial charge >= 0.3 is 0 Å². The lowest BCUT2D eigenvalue weighted by atomic mass is 10.2. The second kappa shape index (κ2) is 6.31. The summed E-state index contributed by atoms with van der Waals surface area (Å²) in [5.74, 6) is 2.49. The number of benzene rings is 2. The average Bonchev–Trinajstić information content (AvgIpc) is 2.48. The molecule has 2 aromatic carbocycles. The van der Waals surface area contributed by atoms with Gasteiger partial charge in [0, 0.05) is 18.2 Å². The van der Waals surface area contributed by atoms with E-state index in [1.54, 1.807) is 50.6 Å². The highest BCUT2D eigenvalue weighted by atomic mass is 79.9. The molecular formula is C15H12BrNO3. The van der Waals surface area contributed by atoms with Crippen LogP contribution in [0.1, 0.15) is 5.56 Å². The van der Waals surface area contributed by atoms with Crippen LogP contribution in [0.4, 0.5) is 0 Å². The van der Waals surface area contributed by atoms with E-state index < -0.39 is 0 Å². The highest BCUT2D eigenvalue weighted by Crippen LogP contribution is 2.34. The van der Waals surface area contributed by atoms with Crippen molar-refractivity contribution >= 4 is 15.9 Å². The lowest BCUT2D eigenvalue weighted by Crippen LogP contribution is -1.91. The minimum absolute atomic E-state index is 0.562. The van der Waals surface area contributed by atoms with Gasteiger partial charge < -0.3 is 14.2 Å². The molecule has 0 unspecified atom stereocenters. The highest BCUT2D eigenvalue weighted by Gasteiger charge is 2.07. The molecule has 20 heavy (non-hydrogen) atoms. The zero-order valence-corrected chi connectivity index (χ0v) is 12.6. The fourth-order valence-electron chi connectivity index (χ4n) is 1.62. The molecule has 2 rings (SSSR count). The minimum atomic E-state index is 0.562. The SMILES string of the molecule is COc1cc(OC)cc(Oc2ccc(C#N)cc2Br)c1. The first kappa shape index (κ1) is 14.2. The van der Waals surface area contributed by atoms with Crippen molar-refractivity contribution in [2.24, 2.45) is 0 Å². The molecule has 0 amide bonds. The number of methoxy groups -OCH3 is 2. The Bertz CT molecular complexity index is 642. The van der Waals surface area contributed by atoms with Crippen LogP contribution >= 0.6 is 15.9 Å². The van der Waals surface area contributed by atoms with Gasteiger partial charge in [0.2, 0.25) is 0 Å². The lowest BCUT2D eigenvalue weighted by Gasteiger charge is -2.11. The number of ether oxygens (including phenoxy) is 3. The molecule has 0 saturated heterocycles.